The van der Waals surface area contributed by atoms with Gasteiger partial charge in [0.1, 0.15) is 11.6 Å². The summed E-state index contributed by atoms with van der Waals surface area (Å²) in [5.74, 6) is -0.443. The van der Waals surface area contributed by atoms with Crippen molar-refractivity contribution in [1.29, 1.82) is 5.26 Å². The van der Waals surface area contributed by atoms with Crippen LogP contribution in [0.15, 0.2) is 41.2 Å². The molecule has 1 heterocycles. The van der Waals surface area contributed by atoms with E-state index in [1.165, 1.54) is 6.07 Å². The van der Waals surface area contributed by atoms with Crippen molar-refractivity contribution >= 4 is 12.0 Å². The molecule has 1 aliphatic rings. The highest BCUT2D eigenvalue weighted by molar-refractivity contribution is 5.90. The van der Waals surface area contributed by atoms with E-state index < -0.39 is 23.6 Å². The molecule has 0 saturated heterocycles. The molecule has 0 bridgehead atoms. The quantitative estimate of drug-likeness (QED) is 0.568. The molecule has 1 atom stereocenters. The molecule has 2 amide bonds. The summed E-state index contributed by atoms with van der Waals surface area (Å²) in [6, 6.07) is 12.1. The van der Waals surface area contributed by atoms with Crippen molar-refractivity contribution in [1.82, 2.24) is 15.6 Å². The summed E-state index contributed by atoms with van der Waals surface area (Å²) in [7, 11) is 0. The van der Waals surface area contributed by atoms with Gasteiger partial charge in [-0.25, -0.2) is 4.79 Å². The molecule has 0 aliphatic heterocycles. The third kappa shape index (κ3) is 5.31. The number of amides is 2. The number of aryl methyl sites for hydroxylation is 1. The zero-order valence-electron chi connectivity index (χ0n) is 17.4. The maximum Gasteiger partial charge on any atom is 0.405 e. The van der Waals surface area contributed by atoms with Crippen LogP contribution in [0.4, 0.5) is 4.79 Å². The highest BCUT2D eigenvalue weighted by atomic mass is 16.4. The van der Waals surface area contributed by atoms with Crippen LogP contribution in [0.5, 0.6) is 0 Å². The minimum absolute atomic E-state index is 0.154. The third-order valence-electron chi connectivity index (χ3n) is 5.77. The van der Waals surface area contributed by atoms with Crippen molar-refractivity contribution in [2.75, 3.05) is 0 Å². The van der Waals surface area contributed by atoms with Crippen LogP contribution < -0.4 is 16.2 Å². The lowest BCUT2D eigenvalue weighted by Gasteiger charge is -2.36. The van der Waals surface area contributed by atoms with Crippen LogP contribution in [0.25, 0.3) is 11.1 Å². The van der Waals surface area contributed by atoms with E-state index >= 15 is 0 Å². The lowest BCUT2D eigenvalue weighted by Crippen LogP contribution is -2.61. The predicted octanol–water partition coefficient (Wildman–Crippen LogP) is 2.87. The molecular weight excluding hydrogens is 396 g/mol. The van der Waals surface area contributed by atoms with Crippen LogP contribution in [-0.2, 0) is 11.2 Å². The van der Waals surface area contributed by atoms with E-state index in [0.717, 1.165) is 41.6 Å². The lowest BCUT2D eigenvalue weighted by molar-refractivity contribution is -0.129. The molecule has 1 aromatic carbocycles. The highest BCUT2D eigenvalue weighted by Gasteiger charge is 2.41. The molecule has 162 valence electrons. The Balaban J connectivity index is 1.70. The van der Waals surface area contributed by atoms with E-state index in [4.69, 9.17) is 0 Å². The van der Waals surface area contributed by atoms with E-state index in [2.05, 4.69) is 21.7 Å². The van der Waals surface area contributed by atoms with E-state index in [-0.39, 0.29) is 5.56 Å². The molecule has 1 unspecified atom stereocenters. The zero-order chi connectivity index (χ0) is 22.4. The average molecular weight is 422 g/mol. The van der Waals surface area contributed by atoms with Gasteiger partial charge in [-0.3, -0.25) is 9.59 Å². The first-order valence-corrected chi connectivity index (χ1v) is 10.3. The van der Waals surface area contributed by atoms with Gasteiger partial charge >= 0.3 is 6.09 Å². The second-order valence-electron chi connectivity index (χ2n) is 7.99. The number of carbonyl (C=O) groups excluding carboxylic acids is 1. The first-order chi connectivity index (χ1) is 14.8. The Bertz CT molecular complexity index is 1050. The Morgan fingerprint density at radius 3 is 2.42 bits per heavy atom. The molecule has 8 nitrogen and oxygen atoms in total. The number of hydrogen-bond donors (Lipinski definition) is 4. The SMILES string of the molecule is Cc1[nH]c(=O)ccc1-c1ccc(CC(C#N)NC(=O)C2(NC(=O)O)CCCCC2)cc1. The third-order valence-corrected chi connectivity index (χ3v) is 5.77. The Kier molecular flexibility index (Phi) is 6.75. The Morgan fingerprint density at radius 2 is 1.84 bits per heavy atom. The van der Waals surface area contributed by atoms with Gasteiger partial charge in [0, 0.05) is 23.7 Å². The molecule has 1 saturated carbocycles. The van der Waals surface area contributed by atoms with Crippen LogP contribution in [0.1, 0.15) is 43.4 Å². The summed E-state index contributed by atoms with van der Waals surface area (Å²) < 4.78 is 0. The fraction of sp³-hybridized carbons (Fsp3) is 0.391. The summed E-state index contributed by atoms with van der Waals surface area (Å²) in [6.45, 7) is 1.83. The molecule has 2 aromatic rings. The van der Waals surface area contributed by atoms with Gasteiger partial charge in [0.25, 0.3) is 0 Å². The van der Waals surface area contributed by atoms with Crippen molar-refractivity contribution in [3.8, 4) is 17.2 Å². The van der Waals surface area contributed by atoms with Crippen LogP contribution in [0.3, 0.4) is 0 Å². The molecule has 0 spiro atoms. The van der Waals surface area contributed by atoms with Gasteiger partial charge in [-0.15, -0.1) is 0 Å². The Morgan fingerprint density at radius 1 is 1.16 bits per heavy atom. The van der Waals surface area contributed by atoms with Gasteiger partial charge in [0.05, 0.1) is 6.07 Å². The lowest BCUT2D eigenvalue weighted by atomic mass is 9.80. The van der Waals surface area contributed by atoms with Crippen LogP contribution in [0, 0.1) is 18.3 Å². The minimum atomic E-state index is -1.24. The van der Waals surface area contributed by atoms with Crippen LogP contribution in [-0.4, -0.2) is 33.7 Å². The van der Waals surface area contributed by atoms with E-state index in [9.17, 15) is 24.8 Å². The standard InChI is InChI=1S/C23H26N4O4/c1-15-19(9-10-20(28)25-15)17-7-5-16(6-8-17)13-18(14-24)26-21(29)23(27-22(30)31)11-3-2-4-12-23/h5-10,18,27H,2-4,11-13H2,1H3,(H,25,28)(H,26,29)(H,30,31). The number of nitrogens with one attached hydrogen (secondary N) is 3. The molecule has 3 rings (SSSR count). The van der Waals surface area contributed by atoms with Gasteiger partial charge < -0.3 is 20.7 Å². The van der Waals surface area contributed by atoms with Crippen molar-refractivity contribution in [2.45, 2.75) is 57.0 Å². The maximum atomic E-state index is 12.9. The topological polar surface area (TPSA) is 135 Å². The number of nitrogens with zero attached hydrogens (tertiary/aromatic N) is 1. The number of aromatic nitrogens is 1. The average Bonchev–Trinajstić information content (AvgIpc) is 2.74. The Hall–Kier alpha value is -3.60. The number of rotatable bonds is 6. The van der Waals surface area contributed by atoms with Crippen molar-refractivity contribution in [3.63, 3.8) is 0 Å². The molecular formula is C23H26N4O4. The van der Waals surface area contributed by atoms with Gasteiger partial charge in [0.15, 0.2) is 0 Å². The molecule has 4 N–H and O–H groups in total. The summed E-state index contributed by atoms with van der Waals surface area (Å²) in [6.07, 6.45) is 2.40. The number of H-pyrrole nitrogens is 1. The Labute approximate surface area is 180 Å². The van der Waals surface area contributed by atoms with E-state index in [0.29, 0.717) is 19.3 Å². The van der Waals surface area contributed by atoms with Crippen molar-refractivity contribution in [2.24, 2.45) is 0 Å². The van der Waals surface area contributed by atoms with Gasteiger partial charge in [-0.1, -0.05) is 43.5 Å². The zero-order valence-corrected chi connectivity index (χ0v) is 17.4. The summed E-state index contributed by atoms with van der Waals surface area (Å²) >= 11 is 0. The molecule has 8 heteroatoms. The second kappa shape index (κ2) is 9.47. The normalized spacial score (nSPS) is 16.0. The highest BCUT2D eigenvalue weighted by Crippen LogP contribution is 2.29. The summed E-state index contributed by atoms with van der Waals surface area (Å²) in [5, 5.41) is 23.9. The monoisotopic (exact) mass is 422 g/mol. The van der Waals surface area contributed by atoms with Crippen LogP contribution in [0.2, 0.25) is 0 Å². The summed E-state index contributed by atoms with van der Waals surface area (Å²) in [5.41, 5.74) is 2.15. The van der Waals surface area contributed by atoms with Gasteiger partial charge in [0.2, 0.25) is 11.5 Å². The largest absolute Gasteiger partial charge is 0.465 e. The number of carboxylic acid groups (broad SMARTS) is 1. The molecule has 1 aliphatic carbocycles. The first-order valence-electron chi connectivity index (χ1n) is 10.3. The first kappa shape index (κ1) is 22.1. The van der Waals surface area contributed by atoms with Crippen molar-refractivity contribution < 1.29 is 14.7 Å². The number of aromatic amines is 1. The van der Waals surface area contributed by atoms with Gasteiger partial charge in [-0.2, -0.15) is 5.26 Å². The fourth-order valence-corrected chi connectivity index (χ4v) is 4.14. The smallest absolute Gasteiger partial charge is 0.405 e. The maximum absolute atomic E-state index is 12.9. The predicted molar refractivity (Wildman–Crippen MR) is 115 cm³/mol. The number of hydrogen-bond acceptors (Lipinski definition) is 4. The molecule has 31 heavy (non-hydrogen) atoms. The molecule has 1 fully saturated rings. The van der Waals surface area contributed by atoms with E-state index in [1.54, 1.807) is 6.07 Å². The molecule has 0 radical (unpaired) electrons. The number of benzene rings is 1. The van der Waals surface area contributed by atoms with Crippen molar-refractivity contribution in [3.05, 3.63) is 58.0 Å². The number of nitriles is 1. The van der Waals surface area contributed by atoms with Crippen LogP contribution >= 0.6 is 0 Å². The fourth-order valence-electron chi connectivity index (χ4n) is 4.14. The summed E-state index contributed by atoms with van der Waals surface area (Å²) in [4.78, 5) is 38.3. The molecule has 1 aromatic heterocycles. The second-order valence-corrected chi connectivity index (χ2v) is 7.99. The number of carbonyl (C=O) groups is 2. The van der Waals surface area contributed by atoms with E-state index in [1.807, 2.05) is 31.2 Å². The minimum Gasteiger partial charge on any atom is -0.465 e. The van der Waals surface area contributed by atoms with Gasteiger partial charge in [-0.05, 0) is 37.0 Å². The number of pyridine rings is 1.